The largest absolute Gasteiger partial charge is 0.487 e. The van der Waals surface area contributed by atoms with Crippen molar-refractivity contribution in [3.63, 3.8) is 0 Å². The molecule has 2 aromatic carbocycles. The molecular weight excluding hydrogens is 682 g/mol. The van der Waals surface area contributed by atoms with Crippen molar-refractivity contribution in [2.75, 3.05) is 38.5 Å². The zero-order valence-corrected chi connectivity index (χ0v) is 28.2. The molecule has 0 saturated carbocycles. The van der Waals surface area contributed by atoms with E-state index in [9.17, 15) is 24.0 Å². The molecule has 3 saturated heterocycles. The first-order valence-corrected chi connectivity index (χ1v) is 16.8. The molecule has 1 aromatic heterocycles. The lowest BCUT2D eigenvalue weighted by Gasteiger charge is -2.39. The summed E-state index contributed by atoms with van der Waals surface area (Å²) in [5, 5.41) is 9.89. The Morgan fingerprint density at radius 2 is 1.75 bits per heavy atom. The van der Waals surface area contributed by atoms with E-state index in [2.05, 4.69) is 72.8 Å². The van der Waals surface area contributed by atoms with Gasteiger partial charge in [0.2, 0.25) is 11.8 Å². The number of hydrogen-bond donors (Lipinski definition) is 2. The number of rotatable bonds is 8. The molecule has 0 radical (unpaired) electrons. The monoisotopic (exact) mass is 717 g/mol. The highest BCUT2D eigenvalue weighted by molar-refractivity contribution is 9.10. The van der Waals surface area contributed by atoms with E-state index < -0.39 is 29.7 Å². The minimum atomic E-state index is -1.02. The molecule has 3 atom stereocenters. The van der Waals surface area contributed by atoms with E-state index in [4.69, 9.17) is 4.74 Å². The number of amides is 4. The number of fused-ring (bicyclic) bond motifs is 1. The number of aromatic nitrogens is 2. The maximum atomic E-state index is 13.4. The predicted molar refractivity (Wildman–Crippen MR) is 179 cm³/mol. The first-order chi connectivity index (χ1) is 23.0. The number of ether oxygens (including phenoxy) is 1. The summed E-state index contributed by atoms with van der Waals surface area (Å²) in [6.45, 7) is 3.90. The molecule has 1 unspecified atom stereocenters. The van der Waals surface area contributed by atoms with Crippen LogP contribution in [-0.4, -0.2) is 99.5 Å². The minimum absolute atomic E-state index is 0.0685. The predicted octanol–water partition coefficient (Wildman–Crippen LogP) is 2.11. The lowest BCUT2D eigenvalue weighted by atomic mass is 9.87. The summed E-state index contributed by atoms with van der Waals surface area (Å²) >= 11 is 3.42. The molecule has 5 heterocycles. The average Bonchev–Trinajstić information content (AvgIpc) is 3.30. The molecule has 250 valence electrons. The van der Waals surface area contributed by atoms with E-state index in [1.807, 2.05) is 0 Å². The molecule has 4 aliphatic heterocycles. The van der Waals surface area contributed by atoms with Gasteiger partial charge < -0.3 is 15.0 Å². The van der Waals surface area contributed by atoms with E-state index in [-0.39, 0.29) is 41.7 Å². The second-order valence-electron chi connectivity index (χ2n) is 13.1. The van der Waals surface area contributed by atoms with Crippen molar-refractivity contribution in [2.24, 2.45) is 7.05 Å². The molecule has 3 fully saturated rings. The van der Waals surface area contributed by atoms with Gasteiger partial charge in [-0.2, -0.15) is 5.10 Å². The highest BCUT2D eigenvalue weighted by atomic mass is 79.9. The van der Waals surface area contributed by atoms with Gasteiger partial charge in [0.25, 0.3) is 17.4 Å². The molecule has 4 amide bonds. The topological polar surface area (TPSA) is 146 Å². The molecule has 14 heteroatoms. The molecule has 4 aliphatic rings. The molecule has 48 heavy (non-hydrogen) atoms. The van der Waals surface area contributed by atoms with Gasteiger partial charge >= 0.3 is 0 Å². The second kappa shape index (κ2) is 12.9. The van der Waals surface area contributed by atoms with Crippen LogP contribution in [0.4, 0.5) is 5.69 Å². The zero-order valence-electron chi connectivity index (χ0n) is 26.6. The summed E-state index contributed by atoms with van der Waals surface area (Å²) in [6, 6.07) is 12.8. The Kier molecular flexibility index (Phi) is 8.64. The van der Waals surface area contributed by atoms with E-state index in [0.717, 1.165) is 31.0 Å². The first kappa shape index (κ1) is 32.2. The van der Waals surface area contributed by atoms with Crippen molar-refractivity contribution in [2.45, 2.75) is 49.9 Å². The van der Waals surface area contributed by atoms with Crippen molar-refractivity contribution < 1.29 is 23.9 Å². The molecule has 13 nitrogen and oxygen atoms in total. The second-order valence-corrected chi connectivity index (χ2v) is 13.9. The number of likely N-dealkylation sites (tertiary alicyclic amines) is 2. The van der Waals surface area contributed by atoms with Crippen molar-refractivity contribution >= 4 is 45.2 Å². The van der Waals surface area contributed by atoms with Gasteiger partial charge in [0.1, 0.15) is 22.4 Å². The Morgan fingerprint density at radius 1 is 0.979 bits per heavy atom. The van der Waals surface area contributed by atoms with Crippen LogP contribution in [-0.2, 0) is 23.2 Å². The van der Waals surface area contributed by atoms with Crippen molar-refractivity contribution in [3.8, 4) is 5.75 Å². The number of piperidine rings is 2. The summed E-state index contributed by atoms with van der Waals surface area (Å²) in [7, 11) is 3.74. The Morgan fingerprint density at radius 3 is 2.50 bits per heavy atom. The zero-order chi connectivity index (χ0) is 33.7. The van der Waals surface area contributed by atoms with Gasteiger partial charge in [0.05, 0.1) is 23.0 Å². The summed E-state index contributed by atoms with van der Waals surface area (Å²) in [6.07, 6.45) is 2.64. The number of carbonyl (C=O) groups is 4. The maximum absolute atomic E-state index is 13.4. The van der Waals surface area contributed by atoms with Crippen molar-refractivity contribution in [1.29, 1.82) is 0 Å². The number of benzene rings is 2. The summed E-state index contributed by atoms with van der Waals surface area (Å²) < 4.78 is 8.00. The van der Waals surface area contributed by atoms with Crippen LogP contribution in [0, 0.1) is 0 Å². The summed E-state index contributed by atoms with van der Waals surface area (Å²) in [5.41, 5.74) is 3.36. The number of hydrogen-bond acceptors (Lipinski definition) is 10. The SMILES string of the molecule is CN1C[C@H](Nc2cnn(C)c(=O)c2Br)C[C@H](c2ccc(CN3CC(Oc4cccc5c4C(=O)N(C4CCC(=O)NC4=O)C5=O)C3)cc2)C1. The Balaban J connectivity index is 0.937. The molecule has 3 aromatic rings. The van der Waals surface area contributed by atoms with Gasteiger partial charge in [-0.1, -0.05) is 30.3 Å². The van der Waals surface area contributed by atoms with Gasteiger partial charge in [-0.15, -0.1) is 0 Å². The minimum Gasteiger partial charge on any atom is -0.487 e. The van der Waals surface area contributed by atoms with Gasteiger partial charge in [-0.05, 0) is 65.0 Å². The van der Waals surface area contributed by atoms with Crippen LogP contribution in [0.1, 0.15) is 57.0 Å². The highest BCUT2D eigenvalue weighted by Gasteiger charge is 2.46. The first-order valence-electron chi connectivity index (χ1n) is 16.0. The summed E-state index contributed by atoms with van der Waals surface area (Å²) in [5.74, 6) is -1.50. The van der Waals surface area contributed by atoms with Gasteiger partial charge in [0.15, 0.2) is 0 Å². The third kappa shape index (κ3) is 6.15. The molecule has 7 rings (SSSR count). The standard InChI is InChI=1S/C34H36BrN7O6/c1-39-15-21(12-22(16-39)37-25-13-36-40(2)34(47)30(25)35)20-8-6-19(7-9-20)14-41-17-23(18-41)48-27-5-3-4-24-29(27)33(46)42(32(24)45)26-10-11-28(43)38-31(26)44/h3-9,13,21-23,26,37H,10-12,14-18H2,1-2H3,(H,38,43,44)/t21-,22+,26?/m0/s1. The lowest BCUT2D eigenvalue weighted by Crippen LogP contribution is -2.54. The molecule has 0 spiro atoms. The third-order valence-electron chi connectivity index (χ3n) is 9.58. The molecular formula is C34H36BrN7O6. The van der Waals surface area contributed by atoms with Crippen LogP contribution in [0.25, 0.3) is 0 Å². The number of likely N-dealkylation sites (N-methyl/N-ethyl adjacent to an activating group) is 1. The maximum Gasteiger partial charge on any atom is 0.282 e. The van der Waals surface area contributed by atoms with Crippen LogP contribution < -0.4 is 20.9 Å². The number of nitrogens with one attached hydrogen (secondary N) is 2. The molecule has 0 aliphatic carbocycles. The van der Waals surface area contributed by atoms with Gasteiger partial charge in [-0.3, -0.25) is 39.1 Å². The lowest BCUT2D eigenvalue weighted by molar-refractivity contribution is -0.136. The van der Waals surface area contributed by atoms with Crippen molar-refractivity contribution in [3.05, 3.63) is 85.7 Å². The normalized spacial score (nSPS) is 23.6. The Hall–Kier alpha value is -4.40. The van der Waals surface area contributed by atoms with E-state index in [1.165, 1.54) is 15.8 Å². The number of nitrogens with zero attached hydrogens (tertiary/aromatic N) is 5. The molecule has 2 N–H and O–H groups in total. The fourth-order valence-electron chi connectivity index (χ4n) is 7.14. The fraction of sp³-hybridized carbons (Fsp3) is 0.412. The van der Waals surface area contributed by atoms with Crippen LogP contribution in [0.3, 0.4) is 0 Å². The van der Waals surface area contributed by atoms with Crippen LogP contribution in [0.15, 0.2) is 57.9 Å². The smallest absolute Gasteiger partial charge is 0.282 e. The van der Waals surface area contributed by atoms with E-state index in [1.54, 1.807) is 31.4 Å². The van der Waals surface area contributed by atoms with E-state index in [0.29, 0.717) is 34.9 Å². The van der Waals surface area contributed by atoms with Gasteiger partial charge in [0, 0.05) is 52.2 Å². The summed E-state index contributed by atoms with van der Waals surface area (Å²) in [4.78, 5) is 68.3. The molecule has 0 bridgehead atoms. The number of carbonyl (C=O) groups excluding carboxylic acids is 4. The number of aryl methyl sites for hydroxylation is 1. The Labute approximate surface area is 285 Å². The number of imide groups is 2. The van der Waals surface area contributed by atoms with Crippen LogP contribution in [0.2, 0.25) is 0 Å². The van der Waals surface area contributed by atoms with Crippen LogP contribution >= 0.6 is 15.9 Å². The number of anilines is 1. The third-order valence-corrected chi connectivity index (χ3v) is 10.3. The van der Waals surface area contributed by atoms with E-state index >= 15 is 0 Å². The fourth-order valence-corrected chi connectivity index (χ4v) is 7.61. The van der Waals surface area contributed by atoms with Crippen molar-refractivity contribution in [1.82, 2.24) is 29.8 Å². The number of halogens is 1. The Bertz CT molecular complexity index is 1860. The quantitative estimate of drug-likeness (QED) is 0.332. The average molecular weight is 719 g/mol. The van der Waals surface area contributed by atoms with Crippen LogP contribution in [0.5, 0.6) is 5.75 Å². The highest BCUT2D eigenvalue weighted by Crippen LogP contribution is 2.35. The van der Waals surface area contributed by atoms with Gasteiger partial charge in [-0.25, -0.2) is 4.68 Å².